The fraction of sp³-hybridized carbons (Fsp3) is 0.615. The number of rotatable bonds is 5. The maximum atomic E-state index is 11.8. The molecule has 0 bridgehead atoms. The van der Waals surface area contributed by atoms with Crippen LogP contribution in [0.4, 0.5) is 0 Å². The van der Waals surface area contributed by atoms with Crippen LogP contribution in [0.1, 0.15) is 13.3 Å². The first-order chi connectivity index (χ1) is 9.58. The van der Waals surface area contributed by atoms with Gasteiger partial charge < -0.3 is 15.1 Å². The lowest BCUT2D eigenvalue weighted by molar-refractivity contribution is -0.130. The lowest BCUT2D eigenvalue weighted by atomic mass is 10.2. The van der Waals surface area contributed by atoms with Crippen LogP contribution in [0.2, 0.25) is 0 Å². The van der Waals surface area contributed by atoms with E-state index in [0.717, 1.165) is 0 Å². The van der Waals surface area contributed by atoms with Gasteiger partial charge >= 0.3 is 0 Å². The first-order valence-corrected chi connectivity index (χ1v) is 7.07. The van der Waals surface area contributed by atoms with Gasteiger partial charge in [-0.1, -0.05) is 0 Å². The number of alkyl halides is 1. The summed E-state index contributed by atoms with van der Waals surface area (Å²) in [5.74, 6) is 0.137. The molecule has 0 aromatic carbocycles. The highest BCUT2D eigenvalue weighted by atomic mass is 35.5. The van der Waals surface area contributed by atoms with Gasteiger partial charge in [0, 0.05) is 51.7 Å². The molecule has 1 aliphatic rings. The van der Waals surface area contributed by atoms with E-state index in [1.807, 2.05) is 11.0 Å². The molecule has 0 aliphatic carbocycles. The van der Waals surface area contributed by atoms with Crippen molar-refractivity contribution in [3.8, 4) is 6.07 Å². The fourth-order valence-corrected chi connectivity index (χ4v) is 1.98. The molecule has 0 aromatic heterocycles. The molecule has 0 saturated carbocycles. The zero-order valence-electron chi connectivity index (χ0n) is 11.6. The van der Waals surface area contributed by atoms with E-state index < -0.39 is 0 Å². The van der Waals surface area contributed by atoms with Crippen LogP contribution in [-0.2, 0) is 9.59 Å². The van der Waals surface area contributed by atoms with E-state index in [9.17, 15) is 9.59 Å². The molecule has 0 radical (unpaired) electrons. The van der Waals surface area contributed by atoms with E-state index in [-0.39, 0.29) is 17.4 Å². The second kappa shape index (κ2) is 8.43. The molecule has 1 saturated heterocycles. The summed E-state index contributed by atoms with van der Waals surface area (Å²) in [6, 6.07) is 1.90. The van der Waals surface area contributed by atoms with Crippen molar-refractivity contribution in [2.45, 2.75) is 13.3 Å². The smallest absolute Gasteiger partial charge is 0.263 e. The van der Waals surface area contributed by atoms with Gasteiger partial charge in [0.05, 0.1) is 0 Å². The Morgan fingerprint density at radius 1 is 1.35 bits per heavy atom. The maximum Gasteiger partial charge on any atom is 0.263 e. The molecular weight excluding hydrogens is 280 g/mol. The summed E-state index contributed by atoms with van der Waals surface area (Å²) in [5.41, 5.74) is 0.0795. The summed E-state index contributed by atoms with van der Waals surface area (Å²) in [7, 11) is 0. The van der Waals surface area contributed by atoms with Gasteiger partial charge in [0.25, 0.3) is 5.91 Å². The molecule has 0 aromatic rings. The minimum Gasteiger partial charge on any atom is -0.373 e. The molecule has 110 valence electrons. The van der Waals surface area contributed by atoms with Crippen LogP contribution in [0, 0.1) is 11.3 Å². The average Bonchev–Trinajstić information content (AvgIpc) is 2.45. The van der Waals surface area contributed by atoms with Crippen molar-refractivity contribution in [3.05, 3.63) is 11.8 Å². The first-order valence-electron chi connectivity index (χ1n) is 6.54. The highest BCUT2D eigenvalue weighted by Gasteiger charge is 2.18. The summed E-state index contributed by atoms with van der Waals surface area (Å²) >= 11 is 5.52. The number of nitrogens with one attached hydrogen (secondary N) is 1. The van der Waals surface area contributed by atoms with Crippen molar-refractivity contribution >= 4 is 23.4 Å². The number of halogens is 1. The summed E-state index contributed by atoms with van der Waals surface area (Å²) in [4.78, 5) is 26.6. The zero-order valence-corrected chi connectivity index (χ0v) is 12.3. The number of nitrogens with zero attached hydrogens (tertiary/aromatic N) is 3. The quantitative estimate of drug-likeness (QED) is 0.343. The van der Waals surface area contributed by atoms with Crippen LogP contribution in [-0.4, -0.2) is 60.2 Å². The Labute approximate surface area is 124 Å². The van der Waals surface area contributed by atoms with Gasteiger partial charge in [0.15, 0.2) is 0 Å². The van der Waals surface area contributed by atoms with E-state index >= 15 is 0 Å². The SMILES string of the molecule is CC(=O)N1CCN(/C=C(/C#N)C(=O)NCCCCl)CC1. The monoisotopic (exact) mass is 298 g/mol. The Morgan fingerprint density at radius 2 is 2.00 bits per heavy atom. The Bertz CT molecular complexity index is 423. The largest absolute Gasteiger partial charge is 0.373 e. The summed E-state index contributed by atoms with van der Waals surface area (Å²) in [5, 5.41) is 11.7. The molecule has 0 spiro atoms. The Kier molecular flexibility index (Phi) is 6.88. The zero-order chi connectivity index (χ0) is 15.0. The van der Waals surface area contributed by atoms with E-state index in [4.69, 9.17) is 16.9 Å². The van der Waals surface area contributed by atoms with Crippen LogP contribution in [0.5, 0.6) is 0 Å². The van der Waals surface area contributed by atoms with Crippen molar-refractivity contribution < 1.29 is 9.59 Å². The van der Waals surface area contributed by atoms with Gasteiger partial charge in [0.1, 0.15) is 11.6 Å². The van der Waals surface area contributed by atoms with Gasteiger partial charge in [0.2, 0.25) is 5.91 Å². The molecule has 1 rings (SSSR count). The third-order valence-corrected chi connectivity index (χ3v) is 3.30. The number of hydrogen-bond donors (Lipinski definition) is 1. The predicted molar refractivity (Wildman–Crippen MR) is 75.9 cm³/mol. The number of carbonyl (C=O) groups is 2. The van der Waals surface area contributed by atoms with E-state index in [1.165, 1.54) is 6.92 Å². The number of hydrogen-bond acceptors (Lipinski definition) is 4. The van der Waals surface area contributed by atoms with Crippen molar-refractivity contribution in [2.75, 3.05) is 38.6 Å². The first kappa shape index (κ1) is 16.3. The molecular formula is C13H19ClN4O2. The number of nitriles is 1. The minimum atomic E-state index is -0.383. The van der Waals surface area contributed by atoms with E-state index in [0.29, 0.717) is 45.0 Å². The molecule has 0 unspecified atom stereocenters. The number of piperazine rings is 1. The molecule has 0 atom stereocenters. The molecule has 1 heterocycles. The maximum absolute atomic E-state index is 11.8. The van der Waals surface area contributed by atoms with Gasteiger partial charge in [-0.25, -0.2) is 0 Å². The van der Waals surface area contributed by atoms with Gasteiger partial charge in [-0.05, 0) is 6.42 Å². The van der Waals surface area contributed by atoms with Crippen LogP contribution in [0.25, 0.3) is 0 Å². The van der Waals surface area contributed by atoms with E-state index in [1.54, 1.807) is 11.1 Å². The second-order valence-corrected chi connectivity index (χ2v) is 4.87. The van der Waals surface area contributed by atoms with Crippen molar-refractivity contribution in [3.63, 3.8) is 0 Å². The van der Waals surface area contributed by atoms with Crippen molar-refractivity contribution in [1.29, 1.82) is 5.26 Å². The van der Waals surface area contributed by atoms with Crippen molar-refractivity contribution in [1.82, 2.24) is 15.1 Å². The Morgan fingerprint density at radius 3 is 2.50 bits per heavy atom. The summed E-state index contributed by atoms with van der Waals surface area (Å²) < 4.78 is 0. The second-order valence-electron chi connectivity index (χ2n) is 4.50. The Balaban J connectivity index is 2.52. The highest BCUT2D eigenvalue weighted by molar-refractivity contribution is 6.17. The summed E-state index contributed by atoms with van der Waals surface area (Å²) in [6.07, 6.45) is 2.23. The molecule has 7 heteroatoms. The Hall–Kier alpha value is -1.74. The van der Waals surface area contributed by atoms with Crippen LogP contribution >= 0.6 is 11.6 Å². The minimum absolute atomic E-state index is 0.0490. The van der Waals surface area contributed by atoms with Crippen LogP contribution in [0.3, 0.4) is 0 Å². The summed E-state index contributed by atoms with van der Waals surface area (Å²) in [6.45, 7) is 4.46. The van der Waals surface area contributed by atoms with E-state index in [2.05, 4.69) is 5.32 Å². The molecule has 6 nitrogen and oxygen atoms in total. The van der Waals surface area contributed by atoms with Crippen LogP contribution < -0.4 is 5.32 Å². The van der Waals surface area contributed by atoms with Gasteiger partial charge in [-0.15, -0.1) is 11.6 Å². The normalized spacial score (nSPS) is 15.8. The molecule has 1 aliphatic heterocycles. The van der Waals surface area contributed by atoms with Gasteiger partial charge in [-0.2, -0.15) is 5.26 Å². The highest BCUT2D eigenvalue weighted by Crippen LogP contribution is 2.05. The number of carbonyl (C=O) groups excluding carboxylic acids is 2. The molecule has 2 amide bonds. The topological polar surface area (TPSA) is 76.4 Å². The molecule has 20 heavy (non-hydrogen) atoms. The molecule has 1 N–H and O–H groups in total. The van der Waals surface area contributed by atoms with Crippen molar-refractivity contribution in [2.24, 2.45) is 0 Å². The lowest BCUT2D eigenvalue weighted by Gasteiger charge is -2.33. The molecule has 1 fully saturated rings. The third-order valence-electron chi connectivity index (χ3n) is 3.03. The number of amides is 2. The van der Waals surface area contributed by atoms with Gasteiger partial charge in [-0.3, -0.25) is 9.59 Å². The standard InChI is InChI=1S/C13H19ClN4O2/c1-11(19)18-7-5-17(6-8-18)10-12(9-15)13(20)16-4-2-3-14/h10H,2-8H2,1H3,(H,16,20)/b12-10-. The predicted octanol–water partition coefficient (Wildman–Crippen LogP) is 0.303. The average molecular weight is 299 g/mol. The van der Waals surface area contributed by atoms with Crippen LogP contribution in [0.15, 0.2) is 11.8 Å². The lowest BCUT2D eigenvalue weighted by Crippen LogP contribution is -2.46. The third kappa shape index (κ3) is 5.10. The fourth-order valence-electron chi connectivity index (χ4n) is 1.85.